The van der Waals surface area contributed by atoms with E-state index in [0.29, 0.717) is 5.69 Å². The molecule has 0 aromatic carbocycles. The number of pyridine rings is 1. The molecule has 0 atom stereocenters. The molecule has 0 amide bonds. The minimum Gasteiger partial charge on any atom is -0.506 e. The summed E-state index contributed by atoms with van der Waals surface area (Å²) in [5.41, 5.74) is 1.45. The van der Waals surface area contributed by atoms with Crippen LogP contribution in [0.15, 0.2) is 12.3 Å². The summed E-state index contributed by atoms with van der Waals surface area (Å²) < 4.78 is -0.0169. The average Bonchev–Trinajstić information content (AvgIpc) is 1.94. The summed E-state index contributed by atoms with van der Waals surface area (Å²) >= 11 is 6.59. The fourth-order valence-corrected chi connectivity index (χ4v) is 1.49. The van der Waals surface area contributed by atoms with Crippen molar-refractivity contribution < 1.29 is 5.11 Å². The number of aromatic hydroxyl groups is 1. The molecule has 2 nitrogen and oxygen atoms in total. The van der Waals surface area contributed by atoms with Crippen molar-refractivity contribution in [3.05, 3.63) is 23.5 Å². The van der Waals surface area contributed by atoms with Crippen molar-refractivity contribution in [1.82, 2.24) is 4.98 Å². The molecular weight excluding hydrogens is 274 g/mol. The lowest BCUT2D eigenvalue weighted by Gasteiger charge is -2.05. The van der Waals surface area contributed by atoms with E-state index in [2.05, 4.69) is 36.8 Å². The van der Waals surface area contributed by atoms with Crippen LogP contribution in [0.5, 0.6) is 5.75 Å². The van der Waals surface area contributed by atoms with Crippen molar-refractivity contribution in [1.29, 1.82) is 0 Å². The molecule has 0 fully saturated rings. The fraction of sp³-hybridized carbons (Fsp3) is 0.286. The van der Waals surface area contributed by atoms with Crippen LogP contribution in [0.2, 0.25) is 0 Å². The highest BCUT2D eigenvalue weighted by atomic mass is 79.9. The monoisotopic (exact) mass is 279 g/mol. The molecule has 0 radical (unpaired) electrons. The number of hydrogen-bond acceptors (Lipinski definition) is 2. The molecule has 0 spiro atoms. The van der Waals surface area contributed by atoms with E-state index in [0.717, 1.165) is 5.56 Å². The summed E-state index contributed by atoms with van der Waals surface area (Å²) in [6.07, 6.45) is 1.67. The maximum Gasteiger partial charge on any atom is 0.141 e. The number of rotatable bonds is 1. The van der Waals surface area contributed by atoms with Gasteiger partial charge >= 0.3 is 0 Å². The number of nitrogens with zero attached hydrogens (tertiary/aromatic N) is 1. The van der Waals surface area contributed by atoms with Crippen LogP contribution in [0, 0.1) is 6.92 Å². The van der Waals surface area contributed by atoms with Crippen LogP contribution >= 0.6 is 31.9 Å². The van der Waals surface area contributed by atoms with Gasteiger partial charge in [-0.2, -0.15) is 0 Å². The van der Waals surface area contributed by atoms with Crippen LogP contribution < -0.4 is 0 Å². The Bertz CT molecular complexity index is 263. The Morgan fingerprint density at radius 3 is 2.64 bits per heavy atom. The van der Waals surface area contributed by atoms with Gasteiger partial charge < -0.3 is 5.11 Å². The van der Waals surface area contributed by atoms with Gasteiger partial charge in [-0.3, -0.25) is 4.98 Å². The van der Waals surface area contributed by atoms with Gasteiger partial charge in [0.1, 0.15) is 5.75 Å². The molecule has 1 aromatic rings. The van der Waals surface area contributed by atoms with E-state index < -0.39 is 0 Å². The zero-order valence-electron chi connectivity index (χ0n) is 5.88. The van der Waals surface area contributed by atoms with Gasteiger partial charge in [0.05, 0.1) is 9.43 Å². The highest BCUT2D eigenvalue weighted by molar-refractivity contribution is 9.24. The maximum absolute atomic E-state index is 9.45. The Hall–Kier alpha value is -0.0900. The molecule has 0 aliphatic rings. The van der Waals surface area contributed by atoms with Crippen LogP contribution in [0.3, 0.4) is 0 Å². The summed E-state index contributed by atoms with van der Waals surface area (Å²) in [4.78, 5) is 3.93. The molecule has 0 bridgehead atoms. The Balaban J connectivity index is 3.17. The number of aromatic nitrogens is 1. The second kappa shape index (κ2) is 3.54. The lowest BCUT2D eigenvalue weighted by molar-refractivity contribution is 0.463. The van der Waals surface area contributed by atoms with Crippen molar-refractivity contribution in [2.75, 3.05) is 0 Å². The molecular formula is C7H7Br2NO. The SMILES string of the molecule is Cc1nccc(C(Br)Br)c1O. The minimum absolute atomic E-state index is 0.0169. The largest absolute Gasteiger partial charge is 0.506 e. The standard InChI is InChI=1S/C7H7Br2NO/c1-4-6(11)5(7(8)9)2-3-10-4/h2-3,7,11H,1H3. The molecule has 4 heteroatoms. The van der Waals surface area contributed by atoms with Crippen molar-refractivity contribution in [2.24, 2.45) is 0 Å². The third-order valence-corrected chi connectivity index (χ3v) is 2.36. The quantitative estimate of drug-likeness (QED) is 0.803. The summed E-state index contributed by atoms with van der Waals surface area (Å²) in [7, 11) is 0. The Labute approximate surface area is 81.9 Å². The van der Waals surface area contributed by atoms with Gasteiger partial charge in [0.25, 0.3) is 0 Å². The predicted molar refractivity (Wildman–Crippen MR) is 51.2 cm³/mol. The molecule has 1 N–H and O–H groups in total. The molecule has 1 heterocycles. The van der Waals surface area contributed by atoms with Crippen LogP contribution in [0.25, 0.3) is 0 Å². The van der Waals surface area contributed by atoms with Gasteiger partial charge in [0.15, 0.2) is 0 Å². The third-order valence-electron chi connectivity index (χ3n) is 1.37. The Kier molecular flexibility index (Phi) is 2.90. The first-order valence-electron chi connectivity index (χ1n) is 3.05. The second-order valence-corrected chi connectivity index (χ2v) is 5.20. The summed E-state index contributed by atoms with van der Waals surface area (Å²) in [6.45, 7) is 1.77. The first-order chi connectivity index (χ1) is 5.13. The van der Waals surface area contributed by atoms with Crippen molar-refractivity contribution >= 4 is 31.9 Å². The van der Waals surface area contributed by atoms with E-state index in [-0.39, 0.29) is 9.49 Å². The summed E-state index contributed by atoms with van der Waals surface area (Å²) in [6, 6.07) is 1.76. The van der Waals surface area contributed by atoms with E-state index in [1.165, 1.54) is 0 Å². The first-order valence-corrected chi connectivity index (χ1v) is 4.88. The number of alkyl halides is 2. The molecule has 0 saturated carbocycles. The number of hydrogen-bond donors (Lipinski definition) is 1. The highest BCUT2D eigenvalue weighted by Gasteiger charge is 2.09. The lowest BCUT2D eigenvalue weighted by atomic mass is 10.2. The van der Waals surface area contributed by atoms with Crippen LogP contribution in [0.1, 0.15) is 15.0 Å². The van der Waals surface area contributed by atoms with Crippen molar-refractivity contribution in [3.8, 4) is 5.75 Å². The first kappa shape index (κ1) is 9.00. The highest BCUT2D eigenvalue weighted by Crippen LogP contribution is 2.35. The smallest absolute Gasteiger partial charge is 0.141 e. The van der Waals surface area contributed by atoms with E-state index in [9.17, 15) is 5.11 Å². The zero-order valence-corrected chi connectivity index (χ0v) is 9.05. The van der Waals surface area contributed by atoms with Crippen molar-refractivity contribution in [3.63, 3.8) is 0 Å². The number of aryl methyl sites for hydroxylation is 1. The molecule has 1 aromatic heterocycles. The normalized spacial score (nSPS) is 10.5. The van der Waals surface area contributed by atoms with Crippen molar-refractivity contribution in [2.45, 2.75) is 10.7 Å². The van der Waals surface area contributed by atoms with E-state index >= 15 is 0 Å². The van der Waals surface area contributed by atoms with E-state index in [1.54, 1.807) is 19.2 Å². The molecule has 60 valence electrons. The summed E-state index contributed by atoms with van der Waals surface area (Å²) in [5.74, 6) is 0.242. The van der Waals surface area contributed by atoms with Gasteiger partial charge in [0, 0.05) is 11.8 Å². The predicted octanol–water partition coefficient (Wildman–Crippen LogP) is 2.88. The van der Waals surface area contributed by atoms with E-state index in [1.807, 2.05) is 0 Å². The van der Waals surface area contributed by atoms with E-state index in [4.69, 9.17) is 0 Å². The van der Waals surface area contributed by atoms with Crippen LogP contribution in [-0.4, -0.2) is 10.1 Å². The van der Waals surface area contributed by atoms with Gasteiger partial charge in [-0.15, -0.1) is 0 Å². The molecule has 0 aliphatic heterocycles. The summed E-state index contributed by atoms with van der Waals surface area (Å²) in [5, 5.41) is 9.45. The van der Waals surface area contributed by atoms with Gasteiger partial charge in [-0.1, -0.05) is 31.9 Å². The zero-order chi connectivity index (χ0) is 8.43. The lowest BCUT2D eigenvalue weighted by Crippen LogP contribution is -1.87. The topological polar surface area (TPSA) is 33.1 Å². The van der Waals surface area contributed by atoms with Gasteiger partial charge in [0.2, 0.25) is 0 Å². The Morgan fingerprint density at radius 1 is 1.55 bits per heavy atom. The molecule has 0 unspecified atom stereocenters. The minimum atomic E-state index is -0.0169. The van der Waals surface area contributed by atoms with Crippen LogP contribution in [0.4, 0.5) is 0 Å². The maximum atomic E-state index is 9.45. The average molecular weight is 281 g/mol. The molecule has 1 rings (SSSR count). The Morgan fingerprint density at radius 2 is 2.18 bits per heavy atom. The van der Waals surface area contributed by atoms with Crippen LogP contribution in [-0.2, 0) is 0 Å². The number of halogens is 2. The molecule has 11 heavy (non-hydrogen) atoms. The van der Waals surface area contributed by atoms with Gasteiger partial charge in [-0.25, -0.2) is 0 Å². The fourth-order valence-electron chi connectivity index (χ4n) is 0.754. The molecule has 0 saturated heterocycles. The third kappa shape index (κ3) is 1.93. The molecule has 0 aliphatic carbocycles. The second-order valence-electron chi connectivity index (χ2n) is 2.13. The van der Waals surface area contributed by atoms with Gasteiger partial charge in [-0.05, 0) is 13.0 Å².